The number of likely N-dealkylation sites (N-methyl/N-ethyl adjacent to an activating group) is 1. The molecule has 1 aromatic heterocycles. The highest BCUT2D eigenvalue weighted by atomic mass is 79.9. The largest absolute Gasteiger partial charge is 0.471 e. The molecule has 3 heterocycles. The van der Waals surface area contributed by atoms with Crippen molar-refractivity contribution in [1.82, 2.24) is 20.0 Å². The van der Waals surface area contributed by atoms with Crippen LogP contribution in [0.5, 0.6) is 0 Å². The summed E-state index contributed by atoms with van der Waals surface area (Å²) < 4.78 is 38.0. The van der Waals surface area contributed by atoms with E-state index in [1.54, 1.807) is 29.0 Å². The summed E-state index contributed by atoms with van der Waals surface area (Å²) in [7, 11) is 1.70. The first-order valence-corrected chi connectivity index (χ1v) is 10.6. The second-order valence-electron chi connectivity index (χ2n) is 7.09. The molecule has 160 valence electrons. The number of alkyl halides is 3. The molecule has 0 bridgehead atoms. The zero-order valence-corrected chi connectivity index (χ0v) is 17.9. The van der Waals surface area contributed by atoms with Crippen molar-refractivity contribution in [3.8, 4) is 0 Å². The van der Waals surface area contributed by atoms with Gasteiger partial charge in [-0.3, -0.25) is 9.59 Å². The van der Waals surface area contributed by atoms with Crippen LogP contribution in [0.15, 0.2) is 15.9 Å². The summed E-state index contributed by atoms with van der Waals surface area (Å²) in [6.45, 7) is 1.15. The van der Waals surface area contributed by atoms with E-state index in [0.717, 1.165) is 3.79 Å². The Morgan fingerprint density at radius 1 is 1.17 bits per heavy atom. The molecule has 29 heavy (non-hydrogen) atoms. The third-order valence-electron chi connectivity index (χ3n) is 5.14. The standard InChI is InChI=1S/C17H20BrF3N4O3S/c1-23(14(26)12-2-3-13(18)29-12)11-5-7-25(9-11)16(28)24-6-4-10(8-24)22-15(27)17(19,20)21/h2-3,10-11H,4-9H2,1H3,(H,22,27). The predicted molar refractivity (Wildman–Crippen MR) is 104 cm³/mol. The van der Waals surface area contributed by atoms with Crippen molar-refractivity contribution in [2.45, 2.75) is 31.1 Å². The summed E-state index contributed by atoms with van der Waals surface area (Å²) in [5.74, 6) is -2.10. The molecule has 0 spiro atoms. The van der Waals surface area contributed by atoms with Crippen LogP contribution >= 0.6 is 27.3 Å². The van der Waals surface area contributed by atoms with Gasteiger partial charge in [-0.2, -0.15) is 13.2 Å². The number of rotatable bonds is 3. The minimum atomic E-state index is -4.94. The Hall–Kier alpha value is -1.82. The molecule has 1 aromatic rings. The van der Waals surface area contributed by atoms with E-state index in [4.69, 9.17) is 0 Å². The van der Waals surface area contributed by atoms with Gasteiger partial charge in [0.2, 0.25) is 0 Å². The molecule has 4 amide bonds. The smallest absolute Gasteiger partial charge is 0.344 e. The van der Waals surface area contributed by atoms with Gasteiger partial charge in [0.15, 0.2) is 0 Å². The summed E-state index contributed by atoms with van der Waals surface area (Å²) in [4.78, 5) is 41.6. The molecule has 0 aliphatic carbocycles. The number of amides is 4. The molecule has 2 aliphatic heterocycles. The molecule has 0 aromatic carbocycles. The van der Waals surface area contributed by atoms with Crippen LogP contribution in [0.4, 0.5) is 18.0 Å². The van der Waals surface area contributed by atoms with E-state index in [9.17, 15) is 27.6 Å². The molecule has 7 nitrogen and oxygen atoms in total. The third kappa shape index (κ3) is 5.03. The van der Waals surface area contributed by atoms with Crippen molar-refractivity contribution in [3.63, 3.8) is 0 Å². The van der Waals surface area contributed by atoms with E-state index in [2.05, 4.69) is 15.9 Å². The van der Waals surface area contributed by atoms with Gasteiger partial charge in [-0.05, 0) is 40.9 Å². The molecule has 2 aliphatic rings. The highest BCUT2D eigenvalue weighted by Gasteiger charge is 2.42. The normalized spacial score (nSPS) is 22.1. The van der Waals surface area contributed by atoms with E-state index in [1.165, 1.54) is 16.2 Å². The van der Waals surface area contributed by atoms with E-state index in [-0.39, 0.29) is 37.5 Å². The summed E-state index contributed by atoms with van der Waals surface area (Å²) in [6, 6.07) is 2.42. The number of nitrogens with zero attached hydrogens (tertiary/aromatic N) is 3. The van der Waals surface area contributed by atoms with Crippen molar-refractivity contribution in [2.75, 3.05) is 33.2 Å². The van der Waals surface area contributed by atoms with Crippen LogP contribution in [0.2, 0.25) is 0 Å². The Morgan fingerprint density at radius 2 is 1.83 bits per heavy atom. The van der Waals surface area contributed by atoms with Crippen LogP contribution in [-0.4, -0.2) is 84.0 Å². The van der Waals surface area contributed by atoms with E-state index in [0.29, 0.717) is 24.4 Å². The molecule has 0 radical (unpaired) electrons. The van der Waals surface area contributed by atoms with Gasteiger partial charge in [0.1, 0.15) is 0 Å². The summed E-state index contributed by atoms with van der Waals surface area (Å²) in [5, 5.41) is 1.92. The number of hydrogen-bond acceptors (Lipinski definition) is 4. The maximum absolute atomic E-state index is 12.7. The van der Waals surface area contributed by atoms with Crippen LogP contribution < -0.4 is 5.32 Å². The number of hydrogen-bond donors (Lipinski definition) is 1. The average Bonchev–Trinajstić information content (AvgIpc) is 3.39. The molecule has 1 N–H and O–H groups in total. The number of nitrogens with one attached hydrogen (secondary N) is 1. The lowest BCUT2D eigenvalue weighted by Gasteiger charge is -2.27. The van der Waals surface area contributed by atoms with E-state index in [1.807, 2.05) is 5.32 Å². The fraction of sp³-hybridized carbons (Fsp3) is 0.588. The zero-order valence-electron chi connectivity index (χ0n) is 15.5. The van der Waals surface area contributed by atoms with Crippen LogP contribution in [0.25, 0.3) is 0 Å². The second-order valence-corrected chi connectivity index (χ2v) is 9.56. The third-order valence-corrected chi connectivity index (χ3v) is 6.75. The molecule has 0 saturated carbocycles. The predicted octanol–water partition coefficient (Wildman–Crippen LogP) is 2.53. The average molecular weight is 497 g/mol. The lowest BCUT2D eigenvalue weighted by atomic mass is 10.2. The first kappa shape index (κ1) is 21.9. The Kier molecular flexibility index (Phi) is 6.42. The van der Waals surface area contributed by atoms with Gasteiger partial charge < -0.3 is 20.0 Å². The maximum atomic E-state index is 12.7. The number of halogens is 4. The molecular formula is C17H20BrF3N4O3S. The molecular weight excluding hydrogens is 477 g/mol. The van der Waals surface area contributed by atoms with Crippen molar-refractivity contribution >= 4 is 45.1 Å². The SMILES string of the molecule is CN(C(=O)c1ccc(Br)s1)C1CCN(C(=O)N2CCC(NC(=O)C(F)(F)F)C2)C1. The van der Waals surface area contributed by atoms with Crippen LogP contribution in [0, 0.1) is 0 Å². The van der Waals surface area contributed by atoms with Crippen molar-refractivity contribution in [1.29, 1.82) is 0 Å². The molecule has 2 unspecified atom stereocenters. The van der Waals surface area contributed by atoms with Gasteiger partial charge in [-0.15, -0.1) is 11.3 Å². The fourth-order valence-corrected chi connectivity index (χ4v) is 4.89. The number of urea groups is 1. The van der Waals surface area contributed by atoms with Crippen LogP contribution in [0.1, 0.15) is 22.5 Å². The first-order chi connectivity index (χ1) is 13.6. The quantitative estimate of drug-likeness (QED) is 0.698. The van der Waals surface area contributed by atoms with E-state index < -0.39 is 18.1 Å². The topological polar surface area (TPSA) is 73.0 Å². The number of carbonyl (C=O) groups is 3. The van der Waals surface area contributed by atoms with Crippen LogP contribution in [-0.2, 0) is 4.79 Å². The minimum Gasteiger partial charge on any atom is -0.344 e. The van der Waals surface area contributed by atoms with Gasteiger partial charge >= 0.3 is 18.1 Å². The fourth-order valence-electron chi connectivity index (χ4n) is 3.52. The Bertz CT molecular complexity index is 803. The van der Waals surface area contributed by atoms with Gasteiger partial charge in [0.25, 0.3) is 5.91 Å². The minimum absolute atomic E-state index is 0.0415. The zero-order chi connectivity index (χ0) is 21.3. The summed E-state index contributed by atoms with van der Waals surface area (Å²) in [6.07, 6.45) is -4.03. The van der Waals surface area contributed by atoms with Gasteiger partial charge in [0.05, 0.1) is 14.7 Å². The van der Waals surface area contributed by atoms with Gasteiger partial charge in [-0.1, -0.05) is 0 Å². The number of likely N-dealkylation sites (tertiary alicyclic amines) is 2. The second kappa shape index (κ2) is 8.50. The maximum Gasteiger partial charge on any atom is 0.471 e. The Balaban J connectivity index is 1.52. The monoisotopic (exact) mass is 496 g/mol. The van der Waals surface area contributed by atoms with Crippen molar-refractivity contribution < 1.29 is 27.6 Å². The molecule has 12 heteroatoms. The summed E-state index contributed by atoms with van der Waals surface area (Å²) >= 11 is 4.67. The molecule has 2 saturated heterocycles. The highest BCUT2D eigenvalue weighted by Crippen LogP contribution is 2.26. The number of thiophene rings is 1. The van der Waals surface area contributed by atoms with Crippen molar-refractivity contribution in [3.05, 3.63) is 20.8 Å². The molecule has 3 rings (SSSR count). The van der Waals surface area contributed by atoms with Gasteiger partial charge in [0, 0.05) is 39.3 Å². The van der Waals surface area contributed by atoms with Gasteiger partial charge in [-0.25, -0.2) is 4.79 Å². The van der Waals surface area contributed by atoms with Crippen LogP contribution in [0.3, 0.4) is 0 Å². The summed E-state index contributed by atoms with van der Waals surface area (Å²) in [5.41, 5.74) is 0. The number of carbonyl (C=O) groups excluding carboxylic acids is 3. The Labute approximate surface area is 177 Å². The lowest BCUT2D eigenvalue weighted by molar-refractivity contribution is -0.174. The Morgan fingerprint density at radius 3 is 2.45 bits per heavy atom. The highest BCUT2D eigenvalue weighted by molar-refractivity contribution is 9.11. The van der Waals surface area contributed by atoms with E-state index >= 15 is 0 Å². The first-order valence-electron chi connectivity index (χ1n) is 9.00. The van der Waals surface area contributed by atoms with Crippen molar-refractivity contribution in [2.24, 2.45) is 0 Å². The molecule has 2 fully saturated rings. The lowest BCUT2D eigenvalue weighted by Crippen LogP contribution is -2.47. The molecule has 2 atom stereocenters.